The highest BCUT2D eigenvalue weighted by Crippen LogP contribution is 2.43. The molecule has 0 spiro atoms. The molecule has 0 saturated carbocycles. The number of nitrogens with zero attached hydrogens (tertiary/aromatic N) is 3. The first-order chi connectivity index (χ1) is 13.9. The zero-order valence-electron chi connectivity index (χ0n) is 15.0. The number of Topliss-reactive ketones (excluding diaryl/α,β-unsaturated/α-hetero) is 1. The summed E-state index contributed by atoms with van der Waals surface area (Å²) in [4.78, 5) is 26.9. The Morgan fingerprint density at radius 3 is 2.34 bits per heavy atom. The zero-order chi connectivity index (χ0) is 20.7. The third-order valence-corrected chi connectivity index (χ3v) is 5.56. The summed E-state index contributed by atoms with van der Waals surface area (Å²) in [5.74, 6) is -2.57. The fourth-order valence-electron chi connectivity index (χ4n) is 3.14. The second-order valence-corrected chi connectivity index (χ2v) is 7.93. The minimum absolute atomic E-state index is 0.114. The number of benzene rings is 2. The number of ketones is 1. The number of rotatable bonds is 3. The molecule has 9 heteroatoms. The predicted molar refractivity (Wildman–Crippen MR) is 107 cm³/mol. The van der Waals surface area contributed by atoms with E-state index in [1.807, 2.05) is 0 Å². The van der Waals surface area contributed by atoms with Gasteiger partial charge in [-0.1, -0.05) is 35.1 Å². The van der Waals surface area contributed by atoms with Crippen LogP contribution in [0.3, 0.4) is 0 Å². The van der Waals surface area contributed by atoms with Crippen molar-refractivity contribution >= 4 is 45.5 Å². The number of aromatic nitrogens is 2. The molecule has 6 nitrogen and oxygen atoms in total. The van der Waals surface area contributed by atoms with Crippen molar-refractivity contribution in [2.75, 3.05) is 4.90 Å². The maximum atomic E-state index is 13.3. The van der Waals surface area contributed by atoms with Gasteiger partial charge < -0.3 is 5.11 Å². The largest absolute Gasteiger partial charge is 0.507 e. The predicted octanol–water partition coefficient (Wildman–Crippen LogP) is 4.27. The van der Waals surface area contributed by atoms with Gasteiger partial charge in [0.05, 0.1) is 11.6 Å². The van der Waals surface area contributed by atoms with Crippen molar-refractivity contribution in [1.82, 2.24) is 10.2 Å². The van der Waals surface area contributed by atoms with Crippen LogP contribution >= 0.6 is 22.9 Å². The molecule has 1 aromatic heterocycles. The molecule has 1 aliphatic heterocycles. The molecule has 0 aliphatic carbocycles. The summed E-state index contributed by atoms with van der Waals surface area (Å²) >= 11 is 7.13. The maximum absolute atomic E-state index is 13.3. The fourth-order valence-corrected chi connectivity index (χ4v) is 3.98. The number of hydrogen-bond acceptors (Lipinski definition) is 6. The van der Waals surface area contributed by atoms with Crippen molar-refractivity contribution in [3.8, 4) is 0 Å². The Morgan fingerprint density at radius 1 is 1.10 bits per heavy atom. The summed E-state index contributed by atoms with van der Waals surface area (Å²) in [7, 11) is 0. The third kappa shape index (κ3) is 3.41. The van der Waals surface area contributed by atoms with E-state index in [1.54, 1.807) is 31.2 Å². The van der Waals surface area contributed by atoms with Gasteiger partial charge in [-0.15, -0.1) is 10.2 Å². The van der Waals surface area contributed by atoms with Crippen LogP contribution in [0.4, 0.5) is 9.52 Å². The second-order valence-electron chi connectivity index (χ2n) is 6.33. The van der Waals surface area contributed by atoms with Crippen LogP contribution in [0.15, 0.2) is 54.1 Å². The number of hydrogen-bond donors (Lipinski definition) is 1. The van der Waals surface area contributed by atoms with Crippen LogP contribution in [0.2, 0.25) is 5.02 Å². The van der Waals surface area contributed by atoms with Crippen LogP contribution in [0.5, 0.6) is 0 Å². The maximum Gasteiger partial charge on any atom is 0.301 e. The Balaban J connectivity index is 1.93. The van der Waals surface area contributed by atoms with Gasteiger partial charge in [0.15, 0.2) is 0 Å². The molecule has 1 unspecified atom stereocenters. The topological polar surface area (TPSA) is 83.4 Å². The van der Waals surface area contributed by atoms with Gasteiger partial charge in [0.2, 0.25) is 5.13 Å². The first kappa shape index (κ1) is 19.2. The van der Waals surface area contributed by atoms with E-state index >= 15 is 0 Å². The minimum atomic E-state index is -0.926. The van der Waals surface area contributed by atoms with Crippen LogP contribution in [-0.2, 0) is 9.59 Å². The van der Waals surface area contributed by atoms with Crippen LogP contribution < -0.4 is 4.90 Å². The van der Waals surface area contributed by atoms with Gasteiger partial charge in [-0.3, -0.25) is 14.5 Å². The number of aryl methyl sites for hydroxylation is 1. The number of halogens is 2. The number of aliphatic hydroxyl groups excluding tert-OH is 1. The molecule has 1 saturated heterocycles. The summed E-state index contributed by atoms with van der Waals surface area (Å²) in [5.41, 5.74) is 0.665. The molecule has 2 aromatic carbocycles. The van der Waals surface area contributed by atoms with Crippen molar-refractivity contribution in [3.05, 3.63) is 81.1 Å². The lowest BCUT2D eigenvalue weighted by atomic mass is 9.95. The van der Waals surface area contributed by atoms with Crippen LogP contribution in [0, 0.1) is 12.7 Å². The third-order valence-electron chi connectivity index (χ3n) is 4.47. The quantitative estimate of drug-likeness (QED) is 0.382. The molecule has 29 heavy (non-hydrogen) atoms. The lowest BCUT2D eigenvalue weighted by Crippen LogP contribution is -2.29. The van der Waals surface area contributed by atoms with E-state index in [4.69, 9.17) is 11.6 Å². The molecule has 0 radical (unpaired) electrons. The fraction of sp³-hybridized carbons (Fsp3) is 0.100. The lowest BCUT2D eigenvalue weighted by Gasteiger charge is -2.22. The van der Waals surface area contributed by atoms with E-state index in [-0.39, 0.29) is 16.3 Å². The Kier molecular flexibility index (Phi) is 4.89. The van der Waals surface area contributed by atoms with Crippen LogP contribution in [-0.4, -0.2) is 27.0 Å². The molecule has 4 rings (SSSR count). The highest BCUT2D eigenvalue weighted by molar-refractivity contribution is 7.15. The average molecular weight is 430 g/mol. The minimum Gasteiger partial charge on any atom is -0.507 e. The summed E-state index contributed by atoms with van der Waals surface area (Å²) in [6.07, 6.45) is 0. The molecule has 1 amide bonds. The molecular formula is C20H13ClFN3O3S. The standard InChI is InChI=1S/C20H13ClFN3O3S/c1-10-23-24-20(29-10)25-16(11-2-6-13(21)7-3-11)15(18(27)19(25)28)17(26)12-4-8-14(22)9-5-12/h2-9,16,26H,1H3. The monoisotopic (exact) mass is 429 g/mol. The van der Waals surface area contributed by atoms with Gasteiger partial charge >= 0.3 is 5.91 Å². The Bertz CT molecular complexity index is 1140. The van der Waals surface area contributed by atoms with E-state index in [0.717, 1.165) is 23.5 Å². The summed E-state index contributed by atoms with van der Waals surface area (Å²) < 4.78 is 13.3. The first-order valence-electron chi connectivity index (χ1n) is 8.49. The highest BCUT2D eigenvalue weighted by Gasteiger charge is 2.48. The number of carbonyl (C=O) groups excluding carboxylic acids is 2. The van der Waals surface area contributed by atoms with Crippen molar-refractivity contribution in [3.63, 3.8) is 0 Å². The number of carbonyl (C=O) groups is 2. The van der Waals surface area contributed by atoms with Crippen molar-refractivity contribution in [2.24, 2.45) is 0 Å². The molecule has 1 fully saturated rings. The molecule has 1 N–H and O–H groups in total. The van der Waals surface area contributed by atoms with Crippen molar-refractivity contribution < 1.29 is 19.1 Å². The smallest absolute Gasteiger partial charge is 0.301 e. The Hall–Kier alpha value is -3.10. The first-order valence-corrected chi connectivity index (χ1v) is 9.69. The van der Waals surface area contributed by atoms with Gasteiger partial charge in [-0.2, -0.15) is 0 Å². The van der Waals surface area contributed by atoms with E-state index in [0.29, 0.717) is 15.6 Å². The number of amides is 1. The van der Waals surface area contributed by atoms with Crippen molar-refractivity contribution in [1.29, 1.82) is 0 Å². The second kappa shape index (κ2) is 7.38. The van der Waals surface area contributed by atoms with Crippen LogP contribution in [0.25, 0.3) is 5.76 Å². The normalized spacial score (nSPS) is 18.4. The van der Waals surface area contributed by atoms with E-state index < -0.39 is 29.3 Å². The molecule has 1 aliphatic rings. The lowest BCUT2D eigenvalue weighted by molar-refractivity contribution is -0.132. The Morgan fingerprint density at radius 2 is 1.76 bits per heavy atom. The van der Waals surface area contributed by atoms with Crippen LogP contribution in [0.1, 0.15) is 22.2 Å². The molecule has 1 atom stereocenters. The van der Waals surface area contributed by atoms with Gasteiger partial charge in [0.25, 0.3) is 5.78 Å². The number of aliphatic hydroxyl groups is 1. The van der Waals surface area contributed by atoms with E-state index in [1.165, 1.54) is 17.0 Å². The SMILES string of the molecule is Cc1nnc(N2C(=O)C(=O)C(=C(O)c3ccc(F)cc3)C2c2ccc(Cl)cc2)s1. The summed E-state index contributed by atoms with van der Waals surface area (Å²) in [6, 6.07) is 10.7. The van der Waals surface area contributed by atoms with Gasteiger partial charge in [0.1, 0.15) is 16.6 Å². The molecule has 2 heterocycles. The Labute approximate surface area is 173 Å². The summed E-state index contributed by atoms with van der Waals surface area (Å²) in [5, 5.41) is 20.1. The molecular weight excluding hydrogens is 417 g/mol. The van der Waals surface area contributed by atoms with Gasteiger partial charge in [-0.25, -0.2) is 4.39 Å². The van der Waals surface area contributed by atoms with Gasteiger partial charge in [-0.05, 0) is 48.9 Å². The summed E-state index contributed by atoms with van der Waals surface area (Å²) in [6.45, 7) is 1.73. The number of anilines is 1. The molecule has 3 aromatic rings. The van der Waals surface area contributed by atoms with E-state index in [2.05, 4.69) is 10.2 Å². The molecule has 146 valence electrons. The van der Waals surface area contributed by atoms with E-state index in [9.17, 15) is 19.1 Å². The highest BCUT2D eigenvalue weighted by atomic mass is 35.5. The zero-order valence-corrected chi connectivity index (χ0v) is 16.5. The van der Waals surface area contributed by atoms with Crippen molar-refractivity contribution in [2.45, 2.75) is 13.0 Å². The van der Waals surface area contributed by atoms with Gasteiger partial charge in [0, 0.05) is 10.6 Å². The average Bonchev–Trinajstić information content (AvgIpc) is 3.24. The molecule has 0 bridgehead atoms.